The van der Waals surface area contributed by atoms with E-state index in [1.807, 2.05) is 12.1 Å². The van der Waals surface area contributed by atoms with E-state index in [9.17, 15) is 4.79 Å². The Hall–Kier alpha value is -1.19. The van der Waals surface area contributed by atoms with E-state index in [0.717, 1.165) is 29.8 Å². The first kappa shape index (κ1) is 14.7. The zero-order valence-corrected chi connectivity index (χ0v) is 13.7. The SMILES string of the molecule is CCC(C)(C(=O)c1cccc2ccsc12)N1CCCCC1. The van der Waals surface area contributed by atoms with Gasteiger partial charge in [-0.05, 0) is 62.2 Å². The van der Waals surface area contributed by atoms with Crippen molar-refractivity contribution < 1.29 is 4.79 Å². The molecule has 0 amide bonds. The number of hydrogen-bond donors (Lipinski definition) is 0. The molecule has 0 bridgehead atoms. The maximum absolute atomic E-state index is 13.3. The Kier molecular flexibility index (Phi) is 4.14. The van der Waals surface area contributed by atoms with Crippen molar-refractivity contribution in [2.45, 2.75) is 45.1 Å². The predicted octanol–water partition coefficient (Wildman–Crippen LogP) is 4.74. The third-order valence-corrected chi connectivity index (χ3v) is 5.92. The van der Waals surface area contributed by atoms with Gasteiger partial charge in [0.1, 0.15) is 0 Å². The molecule has 3 heteroatoms. The summed E-state index contributed by atoms with van der Waals surface area (Å²) in [6, 6.07) is 8.20. The van der Waals surface area contributed by atoms with Gasteiger partial charge in [0.15, 0.2) is 5.78 Å². The van der Waals surface area contributed by atoms with E-state index in [1.54, 1.807) is 11.3 Å². The van der Waals surface area contributed by atoms with E-state index in [2.05, 4.69) is 36.3 Å². The number of carbonyl (C=O) groups is 1. The molecule has 1 aromatic carbocycles. The van der Waals surface area contributed by atoms with E-state index in [0.29, 0.717) is 5.78 Å². The van der Waals surface area contributed by atoms with E-state index < -0.39 is 0 Å². The fourth-order valence-corrected chi connectivity index (χ4v) is 4.29. The van der Waals surface area contributed by atoms with E-state index in [-0.39, 0.29) is 5.54 Å². The molecule has 0 saturated carbocycles. The van der Waals surface area contributed by atoms with Crippen LogP contribution < -0.4 is 0 Å². The van der Waals surface area contributed by atoms with Crippen molar-refractivity contribution in [3.8, 4) is 0 Å². The number of benzene rings is 1. The monoisotopic (exact) mass is 301 g/mol. The lowest BCUT2D eigenvalue weighted by Crippen LogP contribution is -2.53. The topological polar surface area (TPSA) is 20.3 Å². The summed E-state index contributed by atoms with van der Waals surface area (Å²) in [7, 11) is 0. The smallest absolute Gasteiger partial charge is 0.184 e. The molecule has 0 radical (unpaired) electrons. The number of rotatable bonds is 4. The largest absolute Gasteiger partial charge is 0.292 e. The van der Waals surface area contributed by atoms with Crippen molar-refractivity contribution in [3.63, 3.8) is 0 Å². The Morgan fingerprint density at radius 1 is 1.24 bits per heavy atom. The summed E-state index contributed by atoms with van der Waals surface area (Å²) in [5.74, 6) is 0.292. The molecule has 1 fully saturated rings. The number of thiophene rings is 1. The van der Waals surface area contributed by atoms with Gasteiger partial charge in [0.05, 0.1) is 5.54 Å². The quantitative estimate of drug-likeness (QED) is 0.760. The molecule has 21 heavy (non-hydrogen) atoms. The van der Waals surface area contributed by atoms with Gasteiger partial charge in [-0.2, -0.15) is 0 Å². The molecule has 0 spiro atoms. The number of hydrogen-bond acceptors (Lipinski definition) is 3. The molecule has 1 aliphatic heterocycles. The lowest BCUT2D eigenvalue weighted by molar-refractivity contribution is 0.0507. The highest BCUT2D eigenvalue weighted by molar-refractivity contribution is 7.17. The molecule has 112 valence electrons. The fraction of sp³-hybridized carbons (Fsp3) is 0.500. The first-order valence-electron chi connectivity index (χ1n) is 7.93. The van der Waals surface area contributed by atoms with E-state index in [4.69, 9.17) is 0 Å². The van der Waals surface area contributed by atoms with Crippen molar-refractivity contribution in [1.82, 2.24) is 4.90 Å². The van der Waals surface area contributed by atoms with Crippen molar-refractivity contribution in [3.05, 3.63) is 35.2 Å². The van der Waals surface area contributed by atoms with Crippen molar-refractivity contribution in [1.29, 1.82) is 0 Å². The second kappa shape index (κ2) is 5.90. The Balaban J connectivity index is 2.00. The van der Waals surface area contributed by atoms with Gasteiger partial charge in [0.25, 0.3) is 0 Å². The summed E-state index contributed by atoms with van der Waals surface area (Å²) in [6.07, 6.45) is 4.59. The highest BCUT2D eigenvalue weighted by Crippen LogP contribution is 2.32. The normalized spacial score (nSPS) is 19.5. The molecule has 1 aliphatic rings. The maximum atomic E-state index is 13.3. The van der Waals surface area contributed by atoms with Crippen LogP contribution in [0.3, 0.4) is 0 Å². The number of fused-ring (bicyclic) bond motifs is 1. The second-order valence-electron chi connectivity index (χ2n) is 6.15. The summed E-state index contributed by atoms with van der Waals surface area (Å²) in [6.45, 7) is 6.38. The molecular formula is C18H23NOS. The summed E-state index contributed by atoms with van der Waals surface area (Å²) in [5, 5.41) is 3.26. The first-order valence-corrected chi connectivity index (χ1v) is 8.81. The van der Waals surface area contributed by atoms with Crippen LogP contribution in [0.4, 0.5) is 0 Å². The molecule has 1 unspecified atom stereocenters. The third-order valence-electron chi connectivity index (χ3n) is 4.96. The van der Waals surface area contributed by atoms with Gasteiger partial charge in [-0.15, -0.1) is 11.3 Å². The molecule has 0 aliphatic carbocycles. The lowest BCUT2D eigenvalue weighted by atomic mass is 9.85. The van der Waals surface area contributed by atoms with Crippen LogP contribution in [-0.2, 0) is 0 Å². The van der Waals surface area contributed by atoms with Gasteiger partial charge >= 0.3 is 0 Å². The van der Waals surface area contributed by atoms with Crippen LogP contribution in [0.5, 0.6) is 0 Å². The molecular weight excluding hydrogens is 278 g/mol. The standard InChI is InChI=1S/C18H23NOS/c1-3-18(2,19-11-5-4-6-12-19)17(20)15-9-7-8-14-10-13-21-16(14)15/h7-10,13H,3-6,11-12H2,1-2H3. The highest BCUT2D eigenvalue weighted by atomic mass is 32.1. The van der Waals surface area contributed by atoms with Crippen molar-refractivity contribution >= 4 is 27.2 Å². The molecule has 2 heterocycles. The van der Waals surface area contributed by atoms with Crippen LogP contribution in [0.2, 0.25) is 0 Å². The third kappa shape index (κ3) is 2.53. The zero-order valence-electron chi connectivity index (χ0n) is 12.9. The van der Waals surface area contributed by atoms with Crippen molar-refractivity contribution in [2.24, 2.45) is 0 Å². The first-order chi connectivity index (χ1) is 10.2. The van der Waals surface area contributed by atoms with Crippen LogP contribution in [0.15, 0.2) is 29.6 Å². The number of carbonyl (C=O) groups excluding carboxylic acids is 1. The summed E-state index contributed by atoms with van der Waals surface area (Å²) < 4.78 is 1.14. The lowest BCUT2D eigenvalue weighted by Gasteiger charge is -2.42. The summed E-state index contributed by atoms with van der Waals surface area (Å²) in [5.41, 5.74) is 0.538. The average molecular weight is 301 g/mol. The summed E-state index contributed by atoms with van der Waals surface area (Å²) in [4.78, 5) is 15.7. The Labute approximate surface area is 130 Å². The second-order valence-corrected chi connectivity index (χ2v) is 7.06. The van der Waals surface area contributed by atoms with Crippen LogP contribution in [-0.4, -0.2) is 29.3 Å². The molecule has 3 rings (SSSR count). The van der Waals surface area contributed by atoms with Gasteiger partial charge in [0.2, 0.25) is 0 Å². The zero-order chi connectivity index (χ0) is 14.9. The van der Waals surface area contributed by atoms with Crippen LogP contribution >= 0.6 is 11.3 Å². The number of likely N-dealkylation sites (tertiary alicyclic amines) is 1. The fourth-order valence-electron chi connectivity index (χ4n) is 3.38. The molecule has 0 N–H and O–H groups in total. The summed E-state index contributed by atoms with van der Waals surface area (Å²) >= 11 is 1.68. The van der Waals surface area contributed by atoms with Crippen LogP contribution in [0.1, 0.15) is 49.9 Å². The Morgan fingerprint density at radius 3 is 2.71 bits per heavy atom. The van der Waals surface area contributed by atoms with Gasteiger partial charge < -0.3 is 0 Å². The van der Waals surface area contributed by atoms with E-state index >= 15 is 0 Å². The Bertz CT molecular complexity index is 641. The molecule has 2 aromatic rings. The van der Waals surface area contributed by atoms with Crippen LogP contribution in [0.25, 0.3) is 10.1 Å². The number of Topliss-reactive ketones (excluding diaryl/α,β-unsaturated/α-hetero) is 1. The molecule has 2 nitrogen and oxygen atoms in total. The minimum absolute atomic E-state index is 0.292. The number of piperidine rings is 1. The van der Waals surface area contributed by atoms with Gasteiger partial charge in [-0.3, -0.25) is 9.69 Å². The number of ketones is 1. The molecule has 1 atom stereocenters. The van der Waals surface area contributed by atoms with Crippen LogP contribution in [0, 0.1) is 0 Å². The minimum atomic E-state index is -0.362. The molecule has 1 aromatic heterocycles. The van der Waals surface area contributed by atoms with Gasteiger partial charge in [0, 0.05) is 10.3 Å². The maximum Gasteiger partial charge on any atom is 0.184 e. The van der Waals surface area contributed by atoms with Gasteiger partial charge in [-0.25, -0.2) is 0 Å². The molecule has 1 saturated heterocycles. The predicted molar refractivity (Wildman–Crippen MR) is 90.3 cm³/mol. The van der Waals surface area contributed by atoms with E-state index in [1.165, 1.54) is 24.6 Å². The van der Waals surface area contributed by atoms with Crippen molar-refractivity contribution in [2.75, 3.05) is 13.1 Å². The Morgan fingerprint density at radius 2 is 2.00 bits per heavy atom. The minimum Gasteiger partial charge on any atom is -0.292 e. The number of nitrogens with zero attached hydrogens (tertiary/aromatic N) is 1. The van der Waals surface area contributed by atoms with Gasteiger partial charge in [-0.1, -0.05) is 25.5 Å². The average Bonchev–Trinajstić information content (AvgIpc) is 3.02. The highest BCUT2D eigenvalue weighted by Gasteiger charge is 2.39.